The van der Waals surface area contributed by atoms with Gasteiger partial charge in [0.1, 0.15) is 5.75 Å². The van der Waals surface area contributed by atoms with Crippen molar-refractivity contribution in [2.75, 3.05) is 51.8 Å². The van der Waals surface area contributed by atoms with E-state index in [0.717, 1.165) is 11.4 Å². The second kappa shape index (κ2) is 13.4. The first-order valence-corrected chi connectivity index (χ1v) is 17.7. The number of rotatable bonds is 10. The van der Waals surface area contributed by atoms with E-state index in [4.69, 9.17) is 4.74 Å². The Balaban J connectivity index is 1.33. The number of pyridine rings is 1. The fourth-order valence-electron chi connectivity index (χ4n) is 6.88. The number of likely N-dealkylation sites (N-methyl/N-ethyl adjacent to an activating group) is 1. The normalized spacial score (nSPS) is 15.5. The van der Waals surface area contributed by atoms with Gasteiger partial charge in [0, 0.05) is 79.4 Å². The lowest BCUT2D eigenvalue weighted by Gasteiger charge is -2.41. The van der Waals surface area contributed by atoms with Gasteiger partial charge in [-0.05, 0) is 66.2 Å². The molecule has 1 aliphatic heterocycles. The van der Waals surface area contributed by atoms with Crippen molar-refractivity contribution in [1.29, 1.82) is 0 Å². The second-order valence-electron chi connectivity index (χ2n) is 12.3. The molecule has 3 aromatic heterocycles. The minimum atomic E-state index is -4.16. The average molecular weight is 676 g/mol. The number of ether oxygens (including phenoxy) is 1. The molecule has 0 spiro atoms. The number of methoxy groups -OCH3 is 1. The van der Waals surface area contributed by atoms with Crippen LogP contribution in [0.3, 0.4) is 0 Å². The minimum absolute atomic E-state index is 0.136. The van der Waals surface area contributed by atoms with Crippen molar-refractivity contribution in [3.63, 3.8) is 0 Å². The van der Waals surface area contributed by atoms with Gasteiger partial charge in [-0.2, -0.15) is 4.31 Å². The van der Waals surface area contributed by atoms with Crippen molar-refractivity contribution in [3.8, 4) is 5.75 Å². The molecule has 8 rings (SSSR count). The van der Waals surface area contributed by atoms with Crippen LogP contribution in [0.1, 0.15) is 11.6 Å². The van der Waals surface area contributed by atoms with Crippen LogP contribution in [0, 0.1) is 0 Å². The monoisotopic (exact) mass is 675 g/mol. The third-order valence-corrected chi connectivity index (χ3v) is 11.6. The number of fused-ring (bicyclic) bond motifs is 5. The predicted octanol–water partition coefficient (Wildman–Crippen LogP) is 4.46. The summed E-state index contributed by atoms with van der Waals surface area (Å²) in [6.07, 6.45) is 3.21. The van der Waals surface area contributed by atoms with E-state index in [2.05, 4.69) is 14.8 Å². The van der Waals surface area contributed by atoms with Gasteiger partial charge in [-0.25, -0.2) is 8.42 Å². The molecular weight excluding hydrogens is 639 g/mol. The molecule has 7 aromatic rings. The highest BCUT2D eigenvalue weighted by atomic mass is 32.2. The summed E-state index contributed by atoms with van der Waals surface area (Å²) in [5, 5.41) is 1.98. The Morgan fingerprint density at radius 1 is 0.776 bits per heavy atom. The number of sulfonamides is 1. The van der Waals surface area contributed by atoms with Gasteiger partial charge in [0.15, 0.2) is 0 Å². The summed E-state index contributed by atoms with van der Waals surface area (Å²) >= 11 is 0. The lowest BCUT2D eigenvalue weighted by molar-refractivity contribution is 0.174. The summed E-state index contributed by atoms with van der Waals surface area (Å²) in [7, 11) is -0.961. The zero-order valence-electron chi connectivity index (χ0n) is 27.3. The van der Waals surface area contributed by atoms with Crippen molar-refractivity contribution in [3.05, 3.63) is 142 Å². The number of nitrogens with zero attached hydrogens (tertiary/aromatic N) is 5. The van der Waals surface area contributed by atoms with Gasteiger partial charge in [0.2, 0.25) is 10.0 Å². The number of benzene rings is 4. The third kappa shape index (κ3) is 6.16. The molecule has 1 saturated heterocycles. The SMILES string of the molecule is COc1ccc(N2CCN(CC(C(c3ccccc3)n3c(=O)c4ccc(cc4)c3=O)N(C)S(=O)(=O)c3cccc4cnccc34)CC2)cc1. The average Bonchev–Trinajstić information content (AvgIpc) is 3.33. The van der Waals surface area contributed by atoms with Crippen LogP contribution in [0.25, 0.3) is 21.5 Å². The highest BCUT2D eigenvalue weighted by Crippen LogP contribution is 2.32. The molecule has 0 N–H and O–H groups in total. The first kappa shape index (κ1) is 32.4. The molecular formula is C38H37N5O5S. The molecule has 0 radical (unpaired) electrons. The lowest BCUT2D eigenvalue weighted by atomic mass is 9.97. The Hall–Kier alpha value is -5.10. The van der Waals surface area contributed by atoms with Crippen LogP contribution in [-0.4, -0.2) is 80.1 Å². The highest BCUT2D eigenvalue weighted by molar-refractivity contribution is 7.89. The van der Waals surface area contributed by atoms with Gasteiger partial charge in [0.25, 0.3) is 11.1 Å². The molecule has 0 amide bonds. The zero-order valence-corrected chi connectivity index (χ0v) is 28.2. The van der Waals surface area contributed by atoms with Crippen LogP contribution in [-0.2, 0) is 10.0 Å². The maximum absolute atomic E-state index is 14.8. The highest BCUT2D eigenvalue weighted by Gasteiger charge is 2.39. The van der Waals surface area contributed by atoms with E-state index in [1.165, 1.54) is 8.87 Å². The summed E-state index contributed by atoms with van der Waals surface area (Å²) < 4.78 is 37.5. The molecule has 250 valence electrons. The van der Waals surface area contributed by atoms with Crippen molar-refractivity contribution >= 4 is 37.3 Å². The Kier molecular flexibility index (Phi) is 8.89. The molecule has 0 saturated carbocycles. The summed E-state index contributed by atoms with van der Waals surface area (Å²) in [5.41, 5.74) is 0.817. The number of hydrogen-bond donors (Lipinski definition) is 0. The van der Waals surface area contributed by atoms with Crippen LogP contribution in [0.15, 0.2) is 130 Å². The largest absolute Gasteiger partial charge is 0.497 e. The Morgan fingerprint density at radius 2 is 1.43 bits per heavy atom. The fourth-order valence-corrected chi connectivity index (χ4v) is 8.45. The van der Waals surface area contributed by atoms with Crippen molar-refractivity contribution in [2.45, 2.75) is 17.0 Å². The van der Waals surface area contributed by atoms with Crippen LogP contribution in [0.2, 0.25) is 0 Å². The Bertz CT molecular complexity index is 2230. The summed E-state index contributed by atoms with van der Waals surface area (Å²) in [6.45, 7) is 3.01. The van der Waals surface area contributed by atoms with Gasteiger partial charge < -0.3 is 9.64 Å². The molecule has 2 unspecified atom stereocenters. The van der Waals surface area contributed by atoms with Crippen LogP contribution in [0.4, 0.5) is 5.69 Å². The molecule has 2 bridgehead atoms. The maximum Gasteiger partial charge on any atom is 0.261 e. The molecule has 2 atom stereocenters. The van der Waals surface area contributed by atoms with Gasteiger partial charge in [-0.15, -0.1) is 0 Å². The molecule has 1 fully saturated rings. The number of hydrogen-bond acceptors (Lipinski definition) is 8. The zero-order chi connectivity index (χ0) is 34.1. The Labute approximate surface area is 284 Å². The molecule has 1 aliphatic rings. The Morgan fingerprint density at radius 3 is 2.06 bits per heavy atom. The molecule has 49 heavy (non-hydrogen) atoms. The molecule has 11 heteroatoms. The van der Waals surface area contributed by atoms with E-state index in [1.807, 2.05) is 60.7 Å². The summed E-state index contributed by atoms with van der Waals surface area (Å²) in [4.78, 5) is 37.1. The number of anilines is 1. The van der Waals surface area contributed by atoms with E-state index in [-0.39, 0.29) is 11.4 Å². The quantitative estimate of drug-likeness (QED) is 0.210. The van der Waals surface area contributed by atoms with E-state index in [9.17, 15) is 18.0 Å². The first-order valence-electron chi connectivity index (χ1n) is 16.2. The third-order valence-electron chi connectivity index (χ3n) is 9.62. The van der Waals surface area contributed by atoms with E-state index in [0.29, 0.717) is 53.3 Å². The maximum atomic E-state index is 14.8. The van der Waals surface area contributed by atoms with Gasteiger partial charge in [-0.1, -0.05) is 42.5 Å². The lowest BCUT2D eigenvalue weighted by Crippen LogP contribution is -2.56. The summed E-state index contributed by atoms with van der Waals surface area (Å²) in [6, 6.07) is 28.8. The van der Waals surface area contributed by atoms with Crippen molar-refractivity contribution < 1.29 is 13.2 Å². The van der Waals surface area contributed by atoms with Gasteiger partial charge in [-0.3, -0.25) is 24.0 Å². The smallest absolute Gasteiger partial charge is 0.261 e. The van der Waals surface area contributed by atoms with Crippen molar-refractivity contribution in [2.24, 2.45) is 0 Å². The topological polar surface area (TPSA) is 105 Å². The van der Waals surface area contributed by atoms with E-state index >= 15 is 0 Å². The molecule has 0 aliphatic carbocycles. The molecule has 4 heterocycles. The molecule has 10 nitrogen and oxygen atoms in total. The first-order chi connectivity index (χ1) is 23.8. The number of aromatic nitrogens is 2. The predicted molar refractivity (Wildman–Crippen MR) is 192 cm³/mol. The van der Waals surface area contributed by atoms with Crippen molar-refractivity contribution in [1.82, 2.24) is 18.8 Å². The minimum Gasteiger partial charge on any atom is -0.497 e. The summed E-state index contributed by atoms with van der Waals surface area (Å²) in [5.74, 6) is 0.789. The van der Waals surface area contributed by atoms with Crippen LogP contribution < -0.4 is 20.8 Å². The van der Waals surface area contributed by atoms with E-state index in [1.54, 1.807) is 69.0 Å². The van der Waals surface area contributed by atoms with Crippen LogP contribution >= 0.6 is 0 Å². The molecule has 4 aromatic carbocycles. The van der Waals surface area contributed by atoms with E-state index < -0.39 is 33.2 Å². The second-order valence-corrected chi connectivity index (χ2v) is 14.3. The van der Waals surface area contributed by atoms with Gasteiger partial charge in [0.05, 0.1) is 24.1 Å². The standard InChI is InChI=1S/C38H37N5O5S/c1-40(49(46,47)35-10-6-9-30-25-39-20-19-33(30)35)34(26-41-21-23-42(24-22-41)31-15-17-32(48-2)18-16-31)36(27-7-4-3-5-8-27)43-37(44)28-11-12-29(14-13-28)38(43)45/h3-20,25,34,36H,21-24,26H2,1-2H3. The van der Waals surface area contributed by atoms with Gasteiger partial charge >= 0.3 is 0 Å². The van der Waals surface area contributed by atoms with Crippen LogP contribution in [0.5, 0.6) is 5.75 Å². The fraction of sp³-hybridized carbons (Fsp3) is 0.237. The number of piperazine rings is 1.